The minimum atomic E-state index is -0.800. The molecule has 1 aromatic carbocycles. The van der Waals surface area contributed by atoms with Gasteiger partial charge in [0.15, 0.2) is 11.6 Å². The maximum atomic E-state index is 12.2. The number of Topliss-reactive ketones (excluding diaryl/α,β-unsaturated/α-hetero) is 2. The van der Waals surface area contributed by atoms with Crippen molar-refractivity contribution in [2.75, 3.05) is 0 Å². The van der Waals surface area contributed by atoms with Crippen LogP contribution in [-0.4, -0.2) is 22.1 Å². The van der Waals surface area contributed by atoms with E-state index in [1.54, 1.807) is 44.2 Å². The second kappa shape index (κ2) is 4.82. The van der Waals surface area contributed by atoms with Gasteiger partial charge < -0.3 is 5.11 Å². The van der Waals surface area contributed by atoms with E-state index in [1.165, 1.54) is 0 Å². The summed E-state index contributed by atoms with van der Waals surface area (Å²) in [5.41, 5.74) is -0.316. The van der Waals surface area contributed by atoms with Gasteiger partial charge in [-0.2, -0.15) is 0 Å². The summed E-state index contributed by atoms with van der Waals surface area (Å²) in [6, 6.07) is 8.54. The number of ketones is 2. The maximum Gasteiger partial charge on any atom is 0.188 e. The lowest BCUT2D eigenvalue weighted by molar-refractivity contribution is -0.127. The Labute approximate surface area is 116 Å². The van der Waals surface area contributed by atoms with Crippen LogP contribution in [0.4, 0.5) is 0 Å². The van der Waals surface area contributed by atoms with Gasteiger partial charge in [0, 0.05) is 12.0 Å². The Morgan fingerprint density at radius 1 is 1.26 bits per heavy atom. The van der Waals surface area contributed by atoms with E-state index in [4.69, 9.17) is 11.6 Å². The van der Waals surface area contributed by atoms with E-state index in [2.05, 4.69) is 0 Å². The summed E-state index contributed by atoms with van der Waals surface area (Å²) in [5.74, 6) is -1.13. The average molecular weight is 279 g/mol. The molecule has 0 saturated heterocycles. The van der Waals surface area contributed by atoms with E-state index in [1.807, 2.05) is 0 Å². The van der Waals surface area contributed by atoms with Crippen LogP contribution in [0.3, 0.4) is 0 Å². The molecule has 1 atom stereocenters. The summed E-state index contributed by atoms with van der Waals surface area (Å²) in [6.07, 6.45) is 0.152. The van der Waals surface area contributed by atoms with Gasteiger partial charge in [0.05, 0.1) is 0 Å². The molecule has 1 aliphatic carbocycles. The van der Waals surface area contributed by atoms with E-state index in [0.717, 1.165) is 0 Å². The van der Waals surface area contributed by atoms with Crippen LogP contribution in [0.2, 0.25) is 0 Å². The fourth-order valence-electron chi connectivity index (χ4n) is 2.20. The number of allylic oxidation sites excluding steroid dienone is 1. The first-order valence-corrected chi connectivity index (χ1v) is 6.48. The molecule has 0 amide bonds. The van der Waals surface area contributed by atoms with E-state index in [0.29, 0.717) is 5.56 Å². The van der Waals surface area contributed by atoms with Crippen LogP contribution in [-0.2, 0) is 9.59 Å². The molecule has 1 aromatic rings. The summed E-state index contributed by atoms with van der Waals surface area (Å²) < 4.78 is 0. The van der Waals surface area contributed by atoms with Gasteiger partial charge in [0.1, 0.15) is 16.7 Å². The first-order chi connectivity index (χ1) is 8.84. The van der Waals surface area contributed by atoms with Crippen LogP contribution >= 0.6 is 11.6 Å². The zero-order chi connectivity index (χ0) is 14.2. The first-order valence-electron chi connectivity index (χ1n) is 6.05. The fraction of sp³-hybridized carbons (Fsp3) is 0.333. The zero-order valence-corrected chi connectivity index (χ0v) is 11.6. The summed E-state index contributed by atoms with van der Waals surface area (Å²) in [5, 5.41) is 9.35. The topological polar surface area (TPSA) is 54.4 Å². The number of hydrogen-bond donors (Lipinski definition) is 1. The quantitative estimate of drug-likeness (QED) is 0.372. The summed E-state index contributed by atoms with van der Waals surface area (Å²) in [7, 11) is 0. The van der Waals surface area contributed by atoms with Crippen molar-refractivity contribution in [1.29, 1.82) is 0 Å². The highest BCUT2D eigenvalue weighted by atomic mass is 35.5. The smallest absolute Gasteiger partial charge is 0.188 e. The zero-order valence-electron chi connectivity index (χ0n) is 10.8. The molecule has 100 valence electrons. The lowest BCUT2D eigenvalue weighted by atomic mass is 9.73. The first kappa shape index (κ1) is 13.8. The number of aliphatic hydroxyl groups is 1. The third kappa shape index (κ3) is 2.43. The number of halogens is 1. The van der Waals surface area contributed by atoms with Crippen molar-refractivity contribution in [2.24, 2.45) is 5.41 Å². The molecule has 1 aliphatic rings. The number of benzene rings is 1. The van der Waals surface area contributed by atoms with Gasteiger partial charge in [-0.05, 0) is 5.41 Å². The van der Waals surface area contributed by atoms with Gasteiger partial charge in [-0.1, -0.05) is 44.2 Å². The molecule has 1 N–H and O–H groups in total. The molecular formula is C15H15ClO3. The maximum absolute atomic E-state index is 12.2. The van der Waals surface area contributed by atoms with Crippen LogP contribution in [0.25, 0.3) is 5.76 Å². The largest absolute Gasteiger partial charge is 0.506 e. The van der Waals surface area contributed by atoms with E-state index in [9.17, 15) is 14.7 Å². The molecule has 1 saturated carbocycles. The van der Waals surface area contributed by atoms with Crippen LogP contribution in [0.1, 0.15) is 25.8 Å². The predicted molar refractivity (Wildman–Crippen MR) is 74.0 cm³/mol. The van der Waals surface area contributed by atoms with E-state index in [-0.39, 0.29) is 23.5 Å². The molecule has 3 nitrogen and oxygen atoms in total. The number of rotatable bonds is 1. The highest BCUT2D eigenvalue weighted by molar-refractivity contribution is 6.41. The van der Waals surface area contributed by atoms with Crippen molar-refractivity contribution in [2.45, 2.75) is 25.6 Å². The third-order valence-electron chi connectivity index (χ3n) is 3.34. The molecule has 0 unspecified atom stereocenters. The standard InChI is InChI=1S/C15H15ClO3/c1-15(2)8-10(17)11(13(19)14(15)16)12(18)9-6-4-3-5-7-9/h3-7,14,18H,8H2,1-2H3/t14-/m1/s1. The van der Waals surface area contributed by atoms with Gasteiger partial charge in [-0.25, -0.2) is 0 Å². The number of carbonyl (C=O) groups excluding carboxylic acids is 2. The van der Waals surface area contributed by atoms with E-state index < -0.39 is 16.6 Å². The van der Waals surface area contributed by atoms with Crippen molar-refractivity contribution in [3.63, 3.8) is 0 Å². The van der Waals surface area contributed by atoms with Crippen molar-refractivity contribution in [3.05, 3.63) is 41.5 Å². The fourth-order valence-corrected chi connectivity index (χ4v) is 2.39. The Bertz CT molecular complexity index is 558. The van der Waals surface area contributed by atoms with Crippen LogP contribution in [0.5, 0.6) is 0 Å². The molecule has 0 aromatic heterocycles. The molecule has 0 aliphatic heterocycles. The van der Waals surface area contributed by atoms with Crippen molar-refractivity contribution in [3.8, 4) is 0 Å². The minimum absolute atomic E-state index is 0.152. The average Bonchev–Trinajstić information content (AvgIpc) is 2.36. The molecule has 0 bridgehead atoms. The number of carbonyl (C=O) groups is 2. The van der Waals surface area contributed by atoms with Crippen LogP contribution < -0.4 is 0 Å². The Kier molecular flexibility index (Phi) is 3.50. The molecule has 19 heavy (non-hydrogen) atoms. The van der Waals surface area contributed by atoms with Gasteiger partial charge in [0.2, 0.25) is 0 Å². The normalized spacial score (nSPS) is 25.3. The second-order valence-electron chi connectivity index (χ2n) is 5.40. The summed E-state index contributed by atoms with van der Waals surface area (Å²) in [4.78, 5) is 24.3. The van der Waals surface area contributed by atoms with Gasteiger partial charge in [0.25, 0.3) is 0 Å². The van der Waals surface area contributed by atoms with E-state index >= 15 is 0 Å². The lowest BCUT2D eigenvalue weighted by Gasteiger charge is -2.33. The highest BCUT2D eigenvalue weighted by Gasteiger charge is 2.45. The Balaban J connectivity index is 2.50. The Hall–Kier alpha value is -1.61. The number of alkyl halides is 1. The monoisotopic (exact) mass is 278 g/mol. The van der Waals surface area contributed by atoms with Gasteiger partial charge in [-0.3, -0.25) is 9.59 Å². The van der Waals surface area contributed by atoms with Crippen molar-refractivity contribution < 1.29 is 14.7 Å². The predicted octanol–water partition coefficient (Wildman–Crippen LogP) is 3.13. The third-order valence-corrected chi connectivity index (χ3v) is 4.13. The van der Waals surface area contributed by atoms with Crippen LogP contribution in [0, 0.1) is 5.41 Å². The molecule has 1 fully saturated rings. The Morgan fingerprint density at radius 2 is 1.84 bits per heavy atom. The molecule has 0 heterocycles. The van der Waals surface area contributed by atoms with Crippen LogP contribution in [0.15, 0.2) is 35.9 Å². The second-order valence-corrected chi connectivity index (χ2v) is 5.84. The Morgan fingerprint density at radius 3 is 2.42 bits per heavy atom. The molecule has 2 rings (SSSR count). The molecule has 0 radical (unpaired) electrons. The number of hydrogen-bond acceptors (Lipinski definition) is 3. The minimum Gasteiger partial charge on any atom is -0.506 e. The molecule has 0 spiro atoms. The summed E-state index contributed by atoms with van der Waals surface area (Å²) in [6.45, 7) is 3.55. The van der Waals surface area contributed by atoms with Crippen molar-refractivity contribution in [1.82, 2.24) is 0 Å². The van der Waals surface area contributed by atoms with Crippen molar-refractivity contribution >= 4 is 28.9 Å². The summed E-state index contributed by atoms with van der Waals surface area (Å²) >= 11 is 6.10. The highest BCUT2D eigenvalue weighted by Crippen LogP contribution is 2.39. The number of aliphatic hydroxyl groups excluding tert-OH is 1. The molecular weight excluding hydrogens is 264 g/mol. The molecule has 4 heteroatoms. The SMILES string of the molecule is CC1(C)CC(=O)C(=C(O)c2ccccc2)C(=O)[C@H]1Cl. The van der Waals surface area contributed by atoms with Gasteiger partial charge >= 0.3 is 0 Å². The van der Waals surface area contributed by atoms with Gasteiger partial charge in [-0.15, -0.1) is 11.6 Å². The lowest BCUT2D eigenvalue weighted by Crippen LogP contribution is -2.42.